The average molecular weight is 1170 g/mol. The van der Waals surface area contributed by atoms with E-state index in [1.54, 1.807) is 93.6 Å². The van der Waals surface area contributed by atoms with E-state index < -0.39 is 29.8 Å². The van der Waals surface area contributed by atoms with E-state index >= 15 is 0 Å². The van der Waals surface area contributed by atoms with Crippen molar-refractivity contribution in [2.75, 3.05) is 20.0 Å². The zero-order chi connectivity index (χ0) is 52.8. The molecule has 0 unspecified atom stereocenters. The molecule has 5 heterocycles. The van der Waals surface area contributed by atoms with Crippen molar-refractivity contribution in [3.63, 3.8) is 0 Å². The third-order valence-corrected chi connectivity index (χ3v) is 9.64. The molecule has 0 bridgehead atoms. The van der Waals surface area contributed by atoms with Crippen molar-refractivity contribution in [2.45, 2.75) is 32.8 Å². The maximum atomic E-state index is 11.5. The van der Waals surface area contributed by atoms with Gasteiger partial charge >= 0.3 is 40.7 Å². The van der Waals surface area contributed by atoms with Crippen LogP contribution in [0, 0.1) is 11.3 Å². The van der Waals surface area contributed by atoms with Crippen molar-refractivity contribution in [1.29, 1.82) is 5.26 Å². The topological polar surface area (TPSA) is 248 Å². The second-order valence-electron chi connectivity index (χ2n) is 14.0. The number of rotatable bonds is 1. The molecular formula is C43H33Cl9FN5NaO10P. The quantitative estimate of drug-likeness (QED) is 0.0345. The number of amides is 2. The zero-order valence-corrected chi connectivity index (χ0v) is 46.3. The molecule has 70 heavy (non-hydrogen) atoms. The minimum Gasteiger partial charge on any atom is -0.850 e. The predicted molar refractivity (Wildman–Crippen MR) is 268 cm³/mol. The third-order valence-electron chi connectivity index (χ3n) is 7.96. The number of furan rings is 3. The number of alkyl halides is 1. The summed E-state index contributed by atoms with van der Waals surface area (Å²) >= 11 is 49.1. The Bertz CT molecular complexity index is 3240. The number of benzene rings is 4. The van der Waals surface area contributed by atoms with E-state index in [1.165, 1.54) is 13.2 Å². The van der Waals surface area contributed by atoms with Crippen LogP contribution in [0.3, 0.4) is 0 Å². The summed E-state index contributed by atoms with van der Waals surface area (Å²) in [5.74, 6) is -1.35. The smallest absolute Gasteiger partial charge is 0.850 e. The number of nitrogens with two attached hydrogens (primary N) is 1. The number of imide groups is 1. The maximum absolute atomic E-state index is 11.5. The molecule has 0 radical (unpaired) electrons. The van der Waals surface area contributed by atoms with E-state index in [1.807, 2.05) is 0 Å². The van der Waals surface area contributed by atoms with Crippen LogP contribution in [0.4, 0.5) is 10.1 Å². The second kappa shape index (κ2) is 27.9. The molecule has 0 saturated carbocycles. The summed E-state index contributed by atoms with van der Waals surface area (Å²) in [4.78, 5) is 41.9. The van der Waals surface area contributed by atoms with Crippen LogP contribution < -0.4 is 45.7 Å². The van der Waals surface area contributed by atoms with Gasteiger partial charge in [0, 0.05) is 10.9 Å². The molecule has 9 rings (SSSR count). The monoisotopic (exact) mass is 1170 g/mol. The first kappa shape index (κ1) is 60.6. The molecule has 4 aromatic heterocycles. The van der Waals surface area contributed by atoms with Crippen LogP contribution in [0.25, 0.3) is 44.0 Å². The van der Waals surface area contributed by atoms with E-state index in [4.69, 9.17) is 100 Å². The van der Waals surface area contributed by atoms with Gasteiger partial charge in [-0.3, -0.25) is 23.9 Å². The van der Waals surface area contributed by atoms with Crippen molar-refractivity contribution >= 4 is 176 Å². The number of nitrogens with one attached hydrogen (secondary N) is 1. The van der Waals surface area contributed by atoms with Crippen molar-refractivity contribution in [3.05, 3.63) is 126 Å². The third kappa shape index (κ3) is 17.8. The molecule has 366 valence electrons. The molecule has 0 atom stereocenters. The number of halogens is 10. The van der Waals surface area contributed by atoms with Crippen LogP contribution in [0.1, 0.15) is 54.4 Å². The van der Waals surface area contributed by atoms with Gasteiger partial charge in [-0.15, -0.1) is 5.60 Å². The number of esters is 1. The number of nitrogen functional groups attached to an aromatic ring is 1. The Hall–Kier alpha value is -3.73. The summed E-state index contributed by atoms with van der Waals surface area (Å²) in [5.41, 5.74) is 8.45. The zero-order valence-electron chi connectivity index (χ0n) is 37.6. The molecular weight excluding hydrogens is 1140 g/mol. The second-order valence-corrected chi connectivity index (χ2v) is 22.9. The number of fused-ring (bicyclic) bond motifs is 7. The van der Waals surface area contributed by atoms with Gasteiger partial charge in [-0.1, -0.05) is 103 Å². The van der Waals surface area contributed by atoms with Crippen molar-refractivity contribution in [2.24, 2.45) is 0 Å². The van der Waals surface area contributed by atoms with Crippen molar-refractivity contribution < 1.29 is 82.5 Å². The van der Waals surface area contributed by atoms with Gasteiger partial charge < -0.3 is 33.9 Å². The minimum absolute atomic E-state index is 0. The number of nitrogens with zero attached hydrogens (tertiary/aromatic N) is 3. The minimum atomic E-state index is -3.22. The first-order valence-corrected chi connectivity index (χ1v) is 25.2. The number of ether oxygens (including phenoxy) is 1. The number of aromatic hydroxyl groups is 1. The van der Waals surface area contributed by atoms with Crippen LogP contribution in [-0.4, -0.2) is 52.7 Å². The van der Waals surface area contributed by atoms with Gasteiger partial charge in [-0.05, 0) is 93.9 Å². The molecule has 8 aromatic rings. The fraction of sp³-hybridized carbons (Fsp3) is 0.163. The summed E-state index contributed by atoms with van der Waals surface area (Å²) in [5, 5.41) is 30.4. The van der Waals surface area contributed by atoms with E-state index in [-0.39, 0.29) is 85.9 Å². The Kier molecular flexibility index (Phi) is 24.2. The van der Waals surface area contributed by atoms with E-state index in [0.29, 0.717) is 64.6 Å². The standard InChI is InChI=1S/C11H6ClNO3.C10H3Cl3N2O.C10H8ClNO3.C7H4ClNO.C4H9O.CH3F.Cl3OP.Na/c12-6-2-1-3-7-9(6)5-4-8(14)13-11(15)10(5)16-7;11-4-2-1-3-5-6(4)7-8(16-5)9(12)15-10(13)14-7;1-14-10(13)9-8(12)7-5(11)3-2-4-6(7)15-9;8-6-2-1-3-7(10)5(6)4-9;1-4(2,3)5;1-2;1-5(2,3)4;/h1-3H,4H2,(H,13,14,15);1-3H;2-4H,12H2,1H3;1-3,10H;1-3H3;1H3;;/q;;;;-1;;;+1/i;;;;;1D;;. The normalized spacial score (nSPS) is 11.5. The molecule has 4 N–H and O–H groups in total. The van der Waals surface area contributed by atoms with Gasteiger partial charge in [0.25, 0.3) is 5.91 Å². The molecule has 1 aliphatic heterocycles. The summed E-state index contributed by atoms with van der Waals surface area (Å²) in [6, 6.07) is 21.9. The van der Waals surface area contributed by atoms with E-state index in [2.05, 4.69) is 53.7 Å². The number of phenolic OH excluding ortho intramolecular Hbond substituents is 1. The SMILES string of the molecule is CC(C)(C)[O-].COC(=O)c1oc2cccc(Cl)c2c1N.Clc1nc(Cl)c2oc3cccc(Cl)c3c2n1.N#Cc1c(O)cccc1Cl.O=C1Cc2c(oc3cccc(Cl)c23)C(=O)N1.O=P(Cl)(Cl)Cl.[2H]CF.[Na+]. The van der Waals surface area contributed by atoms with Gasteiger partial charge in [0.05, 0.1) is 58.6 Å². The number of hydrogen-bond donors (Lipinski definition) is 3. The van der Waals surface area contributed by atoms with E-state index in [9.17, 15) is 28.4 Å². The van der Waals surface area contributed by atoms with Crippen LogP contribution in [-0.2, 0) is 20.5 Å². The van der Waals surface area contributed by atoms with Crippen LogP contribution in [0.15, 0.2) is 86.0 Å². The molecule has 0 fully saturated rings. The Morgan fingerprint density at radius 2 is 1.33 bits per heavy atom. The first-order valence-electron chi connectivity index (χ1n) is 19.3. The fourth-order valence-corrected chi connectivity index (χ4v) is 6.93. The molecule has 0 spiro atoms. The summed E-state index contributed by atoms with van der Waals surface area (Å²) in [6.07, 6.45) is 0.123. The maximum Gasteiger partial charge on any atom is 1.00 e. The van der Waals surface area contributed by atoms with Crippen molar-refractivity contribution in [3.8, 4) is 11.8 Å². The number of carbonyl (C=O) groups is 3. The van der Waals surface area contributed by atoms with Crippen molar-refractivity contribution in [1.82, 2.24) is 15.3 Å². The Labute approximate surface area is 465 Å². The fourth-order valence-electron chi connectivity index (χ4n) is 5.49. The number of aromatic nitrogens is 2. The molecule has 0 saturated heterocycles. The molecule has 2 amide bonds. The van der Waals surface area contributed by atoms with Crippen LogP contribution in [0.5, 0.6) is 5.75 Å². The predicted octanol–water partition coefficient (Wildman–Crippen LogP) is 11.2. The Morgan fingerprint density at radius 1 is 0.871 bits per heavy atom. The Balaban J connectivity index is 0.000000301. The summed E-state index contributed by atoms with van der Waals surface area (Å²) in [7, 11) is 0.260. The molecule has 15 nitrogen and oxygen atoms in total. The largest absolute Gasteiger partial charge is 1.00 e. The molecule has 0 aliphatic carbocycles. The van der Waals surface area contributed by atoms with Gasteiger partial charge in [0.1, 0.15) is 39.6 Å². The average Bonchev–Trinajstić information content (AvgIpc) is 3.93. The van der Waals surface area contributed by atoms with Gasteiger partial charge in [0.15, 0.2) is 16.5 Å². The van der Waals surface area contributed by atoms with Gasteiger partial charge in [0.2, 0.25) is 17.0 Å². The number of hydrogen-bond acceptors (Lipinski definition) is 14. The molecule has 1 aliphatic rings. The summed E-state index contributed by atoms with van der Waals surface area (Å²) in [6.45, 7) is 4.90. The van der Waals surface area contributed by atoms with Crippen LogP contribution in [0.2, 0.25) is 30.5 Å². The number of phenols is 1. The number of carbonyl (C=O) groups excluding carboxylic acids is 3. The number of methoxy groups -OCH3 is 1. The Morgan fingerprint density at radius 3 is 1.80 bits per heavy atom. The van der Waals surface area contributed by atoms with E-state index in [0.717, 1.165) is 0 Å². The number of anilines is 1. The molecule has 4 aromatic carbocycles. The van der Waals surface area contributed by atoms with Gasteiger partial charge in [-0.25, -0.2) is 14.8 Å². The van der Waals surface area contributed by atoms with Crippen LogP contribution >= 0.6 is 109 Å². The number of nitriles is 1. The summed E-state index contributed by atoms with van der Waals surface area (Å²) < 4.78 is 45.7. The van der Waals surface area contributed by atoms with Gasteiger partial charge in [-0.2, -0.15) is 5.26 Å². The first-order chi connectivity index (χ1) is 32.6. The molecule has 27 heteroatoms.